The number of hydrogen-bond donors (Lipinski definition) is 2. The monoisotopic (exact) mass is 356 g/mol. The van der Waals surface area contributed by atoms with Crippen molar-refractivity contribution in [3.63, 3.8) is 0 Å². The summed E-state index contributed by atoms with van der Waals surface area (Å²) in [5, 5.41) is 7.63. The summed E-state index contributed by atoms with van der Waals surface area (Å²) in [6, 6.07) is 7.19. The van der Waals surface area contributed by atoms with Gasteiger partial charge in [-0.3, -0.25) is 9.80 Å². The molecule has 1 aromatic heterocycles. The lowest BCUT2D eigenvalue weighted by atomic mass is 9.95. The number of alkyl halides is 1. The number of β-lactam (4-membered cyclic amide) rings is 1. The number of rotatable bonds is 6. The highest BCUT2D eigenvalue weighted by molar-refractivity contribution is 7.13. The molecule has 2 aromatic rings. The molecule has 116 valence electrons. The van der Waals surface area contributed by atoms with E-state index in [1.165, 1.54) is 11.3 Å². The van der Waals surface area contributed by atoms with Gasteiger partial charge in [-0.05, 0) is 17.7 Å². The van der Waals surface area contributed by atoms with E-state index in [9.17, 15) is 4.79 Å². The van der Waals surface area contributed by atoms with Gasteiger partial charge >= 0.3 is 0 Å². The number of nitrogens with one attached hydrogen (secondary N) is 2. The van der Waals surface area contributed by atoms with Crippen LogP contribution in [0, 0.1) is 0 Å². The summed E-state index contributed by atoms with van der Waals surface area (Å²) in [5.74, 6) is -0.115. The van der Waals surface area contributed by atoms with E-state index >= 15 is 0 Å². The number of thiazole rings is 1. The molecule has 0 spiro atoms. The number of anilines is 1. The molecule has 1 aliphatic rings. The van der Waals surface area contributed by atoms with Gasteiger partial charge in [-0.25, -0.2) is 10.4 Å². The maximum atomic E-state index is 11.9. The highest BCUT2D eigenvalue weighted by Gasteiger charge is 2.47. The molecule has 22 heavy (non-hydrogen) atoms. The van der Waals surface area contributed by atoms with Crippen LogP contribution in [0.2, 0.25) is 5.02 Å². The van der Waals surface area contributed by atoms with Crippen LogP contribution in [0.1, 0.15) is 11.6 Å². The van der Waals surface area contributed by atoms with Crippen LogP contribution in [0.5, 0.6) is 0 Å². The lowest BCUT2D eigenvalue weighted by molar-refractivity contribution is -0.151. The molecular formula is C14H14Cl2N4OS. The Hall–Kier alpha value is -1.34. The van der Waals surface area contributed by atoms with Crippen LogP contribution in [-0.2, 0) is 4.79 Å². The number of nitrogens with zero attached hydrogens (tertiary/aromatic N) is 2. The lowest BCUT2D eigenvalue weighted by Crippen LogP contribution is -2.62. The maximum Gasteiger partial charge on any atom is 0.257 e. The zero-order valence-electron chi connectivity index (χ0n) is 11.5. The summed E-state index contributed by atoms with van der Waals surface area (Å²) in [6.45, 7) is 1.26. The summed E-state index contributed by atoms with van der Waals surface area (Å²) < 4.78 is 0. The largest absolute Gasteiger partial charge is 0.360 e. The molecule has 2 unspecified atom stereocenters. The van der Waals surface area contributed by atoms with Crippen LogP contribution in [-0.4, -0.2) is 34.4 Å². The summed E-state index contributed by atoms with van der Waals surface area (Å²) in [7, 11) is 0. The van der Waals surface area contributed by atoms with E-state index < -0.39 is 5.38 Å². The van der Waals surface area contributed by atoms with E-state index in [4.69, 9.17) is 23.2 Å². The fourth-order valence-electron chi connectivity index (χ4n) is 2.26. The lowest BCUT2D eigenvalue weighted by Gasteiger charge is -2.44. The minimum absolute atomic E-state index is 0.115. The van der Waals surface area contributed by atoms with Crippen molar-refractivity contribution in [2.24, 2.45) is 0 Å². The van der Waals surface area contributed by atoms with Crippen LogP contribution in [0.4, 0.5) is 5.13 Å². The Morgan fingerprint density at radius 1 is 1.27 bits per heavy atom. The third kappa shape index (κ3) is 3.20. The minimum Gasteiger partial charge on any atom is -0.360 e. The first kappa shape index (κ1) is 15.6. The SMILES string of the molecule is O=C1C(Cl)C(c2ccc(Cl)cc2)N1NCCNc1nccs1. The van der Waals surface area contributed by atoms with Crippen LogP contribution in [0.25, 0.3) is 0 Å². The molecule has 0 saturated carbocycles. The Balaban J connectivity index is 1.55. The van der Waals surface area contributed by atoms with Crippen LogP contribution in [0.3, 0.4) is 0 Å². The first-order valence-electron chi connectivity index (χ1n) is 6.76. The number of hydrazine groups is 1. The van der Waals surface area contributed by atoms with Crippen LogP contribution >= 0.6 is 34.5 Å². The van der Waals surface area contributed by atoms with E-state index in [-0.39, 0.29) is 11.9 Å². The molecule has 3 rings (SSSR count). The van der Waals surface area contributed by atoms with Crippen molar-refractivity contribution in [2.75, 3.05) is 18.4 Å². The molecule has 1 aliphatic heterocycles. The predicted molar refractivity (Wildman–Crippen MR) is 89.3 cm³/mol. The van der Waals surface area contributed by atoms with E-state index in [0.717, 1.165) is 10.7 Å². The number of aromatic nitrogens is 1. The minimum atomic E-state index is -0.541. The van der Waals surface area contributed by atoms with Gasteiger partial charge < -0.3 is 5.32 Å². The molecule has 2 atom stereocenters. The fourth-order valence-corrected chi connectivity index (χ4v) is 3.31. The molecule has 1 aromatic carbocycles. The first-order valence-corrected chi connectivity index (χ1v) is 8.45. The van der Waals surface area contributed by atoms with Gasteiger partial charge in [0.25, 0.3) is 5.91 Å². The molecule has 0 aliphatic carbocycles. The Morgan fingerprint density at radius 3 is 2.73 bits per heavy atom. The predicted octanol–water partition coefficient (Wildman–Crippen LogP) is 2.90. The van der Waals surface area contributed by atoms with Crippen molar-refractivity contribution < 1.29 is 4.79 Å². The number of amides is 1. The average Bonchev–Trinajstić information content (AvgIpc) is 3.04. The van der Waals surface area contributed by atoms with Crippen molar-refractivity contribution in [1.82, 2.24) is 15.4 Å². The molecule has 2 N–H and O–H groups in total. The van der Waals surface area contributed by atoms with E-state index in [1.54, 1.807) is 23.3 Å². The quantitative estimate of drug-likeness (QED) is 0.474. The summed E-state index contributed by atoms with van der Waals surface area (Å²) >= 11 is 13.6. The topological polar surface area (TPSA) is 57.3 Å². The number of benzene rings is 1. The van der Waals surface area contributed by atoms with Gasteiger partial charge in [-0.15, -0.1) is 22.9 Å². The molecule has 1 saturated heterocycles. The Kier molecular flexibility index (Phi) is 4.83. The normalized spacial score (nSPS) is 20.8. The smallest absolute Gasteiger partial charge is 0.257 e. The van der Waals surface area contributed by atoms with Crippen molar-refractivity contribution >= 4 is 45.6 Å². The van der Waals surface area contributed by atoms with Gasteiger partial charge in [0, 0.05) is 29.7 Å². The van der Waals surface area contributed by atoms with Gasteiger partial charge in [0.2, 0.25) is 0 Å². The number of halogens is 2. The molecular weight excluding hydrogens is 343 g/mol. The summed E-state index contributed by atoms with van der Waals surface area (Å²) in [4.78, 5) is 16.0. The molecule has 5 nitrogen and oxygen atoms in total. The molecule has 0 radical (unpaired) electrons. The molecule has 1 fully saturated rings. The maximum absolute atomic E-state index is 11.9. The van der Waals surface area contributed by atoms with Crippen molar-refractivity contribution in [1.29, 1.82) is 0 Å². The van der Waals surface area contributed by atoms with Gasteiger partial charge in [0.1, 0.15) is 5.38 Å². The second-order valence-electron chi connectivity index (χ2n) is 4.78. The highest BCUT2D eigenvalue weighted by Crippen LogP contribution is 2.37. The summed E-state index contributed by atoms with van der Waals surface area (Å²) in [6.07, 6.45) is 1.74. The third-order valence-electron chi connectivity index (χ3n) is 3.36. The van der Waals surface area contributed by atoms with E-state index in [0.29, 0.717) is 18.1 Å². The molecule has 1 amide bonds. The van der Waals surface area contributed by atoms with Crippen molar-refractivity contribution in [3.05, 3.63) is 46.4 Å². The van der Waals surface area contributed by atoms with Crippen LogP contribution in [0.15, 0.2) is 35.8 Å². The third-order valence-corrected chi connectivity index (χ3v) is 4.76. The molecule has 8 heteroatoms. The standard InChI is InChI=1S/C14H14Cl2N4OS/c15-10-3-1-9(2-4-10)12-11(16)13(21)20(12)19-6-5-17-14-18-7-8-22-14/h1-4,7-8,11-12,19H,5-6H2,(H,17,18). The van der Waals surface area contributed by atoms with Gasteiger partial charge in [0.15, 0.2) is 5.13 Å². The van der Waals surface area contributed by atoms with Gasteiger partial charge in [-0.1, -0.05) is 23.7 Å². The second-order valence-corrected chi connectivity index (χ2v) is 6.58. The average molecular weight is 357 g/mol. The highest BCUT2D eigenvalue weighted by atomic mass is 35.5. The zero-order chi connectivity index (χ0) is 15.5. The number of carbonyl (C=O) groups excluding carboxylic acids is 1. The Morgan fingerprint density at radius 2 is 2.05 bits per heavy atom. The Labute approximate surface area is 142 Å². The number of hydrogen-bond acceptors (Lipinski definition) is 5. The van der Waals surface area contributed by atoms with Gasteiger partial charge in [-0.2, -0.15) is 0 Å². The molecule has 0 bridgehead atoms. The van der Waals surface area contributed by atoms with E-state index in [2.05, 4.69) is 15.7 Å². The Bertz CT molecular complexity index is 635. The number of carbonyl (C=O) groups is 1. The van der Waals surface area contributed by atoms with Crippen molar-refractivity contribution in [3.8, 4) is 0 Å². The van der Waals surface area contributed by atoms with Gasteiger partial charge in [0.05, 0.1) is 6.04 Å². The van der Waals surface area contributed by atoms with Crippen molar-refractivity contribution in [2.45, 2.75) is 11.4 Å². The summed E-state index contributed by atoms with van der Waals surface area (Å²) in [5.41, 5.74) is 4.07. The fraction of sp³-hybridized carbons (Fsp3) is 0.286. The first-order chi connectivity index (χ1) is 10.7. The zero-order valence-corrected chi connectivity index (χ0v) is 13.8. The van der Waals surface area contributed by atoms with E-state index in [1.807, 2.05) is 17.5 Å². The van der Waals surface area contributed by atoms with Crippen LogP contribution < -0.4 is 10.7 Å². The second kappa shape index (κ2) is 6.83. The molecule has 2 heterocycles.